The molecule has 0 radical (unpaired) electrons. The van der Waals surface area contributed by atoms with Gasteiger partial charge in [0, 0.05) is 29.5 Å². The first kappa shape index (κ1) is 17.5. The summed E-state index contributed by atoms with van der Waals surface area (Å²) in [4.78, 5) is 31.3. The Balaban J connectivity index is 1.57. The van der Waals surface area contributed by atoms with Gasteiger partial charge in [-0.15, -0.1) is 0 Å². The molecule has 0 saturated heterocycles. The van der Waals surface area contributed by atoms with Gasteiger partial charge in [0.25, 0.3) is 5.56 Å². The SMILES string of the molecule is O=Cc1ncc2cc(-n3ccc(OCc4ccc(F)cc4)cc3=O)ccc2n1. The van der Waals surface area contributed by atoms with Crippen molar-refractivity contribution in [1.82, 2.24) is 14.5 Å². The van der Waals surface area contributed by atoms with Gasteiger partial charge in [-0.3, -0.25) is 14.2 Å². The molecule has 0 bridgehead atoms. The molecule has 0 spiro atoms. The van der Waals surface area contributed by atoms with Crippen molar-refractivity contribution in [3.05, 3.63) is 94.5 Å². The number of carbonyl (C=O) groups excluding carboxylic acids is 1. The van der Waals surface area contributed by atoms with Gasteiger partial charge in [-0.2, -0.15) is 0 Å². The average Bonchev–Trinajstić information content (AvgIpc) is 2.72. The maximum atomic E-state index is 12.9. The van der Waals surface area contributed by atoms with Crippen LogP contribution >= 0.6 is 0 Å². The molecule has 7 heteroatoms. The van der Waals surface area contributed by atoms with Crippen LogP contribution in [0.25, 0.3) is 16.6 Å². The first-order valence-electron chi connectivity index (χ1n) is 8.45. The third-order valence-corrected chi connectivity index (χ3v) is 4.18. The van der Waals surface area contributed by atoms with Crippen molar-refractivity contribution in [1.29, 1.82) is 0 Å². The van der Waals surface area contributed by atoms with Crippen molar-refractivity contribution in [2.24, 2.45) is 0 Å². The molecular weight excluding hydrogens is 361 g/mol. The summed E-state index contributed by atoms with van der Waals surface area (Å²) in [6, 6.07) is 14.3. The van der Waals surface area contributed by atoms with Crippen LogP contribution in [-0.4, -0.2) is 20.8 Å². The van der Waals surface area contributed by atoms with Crippen molar-refractivity contribution >= 4 is 17.2 Å². The van der Waals surface area contributed by atoms with Gasteiger partial charge < -0.3 is 4.74 Å². The highest BCUT2D eigenvalue weighted by Crippen LogP contribution is 2.17. The maximum Gasteiger partial charge on any atom is 0.258 e. The van der Waals surface area contributed by atoms with Crippen LogP contribution in [0.15, 0.2) is 71.8 Å². The number of halogens is 1. The molecule has 138 valence electrons. The summed E-state index contributed by atoms with van der Waals surface area (Å²) in [6.45, 7) is 0.232. The summed E-state index contributed by atoms with van der Waals surface area (Å²) in [5, 5.41) is 0.714. The number of aldehydes is 1. The number of ether oxygens (including phenoxy) is 1. The van der Waals surface area contributed by atoms with E-state index < -0.39 is 0 Å². The minimum absolute atomic E-state index is 0.111. The van der Waals surface area contributed by atoms with Gasteiger partial charge in [0.2, 0.25) is 0 Å². The number of aromatic nitrogens is 3. The van der Waals surface area contributed by atoms with E-state index in [4.69, 9.17) is 4.74 Å². The van der Waals surface area contributed by atoms with Crippen LogP contribution in [0.1, 0.15) is 16.2 Å². The van der Waals surface area contributed by atoms with Crippen molar-refractivity contribution in [2.75, 3.05) is 0 Å². The average molecular weight is 375 g/mol. The molecule has 0 saturated carbocycles. The lowest BCUT2D eigenvalue weighted by Gasteiger charge is -2.10. The molecule has 0 aliphatic rings. The highest BCUT2D eigenvalue weighted by molar-refractivity contribution is 5.82. The summed E-state index contributed by atoms with van der Waals surface area (Å²) < 4.78 is 20.0. The molecule has 2 heterocycles. The Labute approximate surface area is 158 Å². The number of hydrogen-bond acceptors (Lipinski definition) is 5. The van der Waals surface area contributed by atoms with E-state index in [1.165, 1.54) is 22.8 Å². The second kappa shape index (κ2) is 7.40. The monoisotopic (exact) mass is 375 g/mol. The molecule has 0 fully saturated rings. The van der Waals surface area contributed by atoms with Crippen LogP contribution in [0.4, 0.5) is 4.39 Å². The van der Waals surface area contributed by atoms with E-state index >= 15 is 0 Å². The Bertz CT molecular complexity index is 1220. The van der Waals surface area contributed by atoms with Gasteiger partial charge in [-0.25, -0.2) is 14.4 Å². The Kier molecular flexibility index (Phi) is 4.63. The Hall–Kier alpha value is -3.87. The molecule has 4 rings (SSSR count). The molecule has 0 atom stereocenters. The second-order valence-electron chi connectivity index (χ2n) is 6.07. The number of pyridine rings is 1. The Morgan fingerprint density at radius 3 is 2.64 bits per heavy atom. The lowest BCUT2D eigenvalue weighted by atomic mass is 10.2. The fraction of sp³-hybridized carbons (Fsp3) is 0.0476. The smallest absolute Gasteiger partial charge is 0.258 e. The largest absolute Gasteiger partial charge is 0.489 e. The molecule has 2 aromatic carbocycles. The first-order valence-corrected chi connectivity index (χ1v) is 8.45. The topological polar surface area (TPSA) is 74.1 Å². The van der Waals surface area contributed by atoms with E-state index in [9.17, 15) is 14.0 Å². The molecule has 0 unspecified atom stereocenters. The number of hydrogen-bond donors (Lipinski definition) is 0. The lowest BCUT2D eigenvalue weighted by molar-refractivity contribution is 0.111. The van der Waals surface area contributed by atoms with Gasteiger partial charge in [0.15, 0.2) is 12.1 Å². The minimum atomic E-state index is -0.311. The van der Waals surface area contributed by atoms with E-state index in [-0.39, 0.29) is 23.8 Å². The second-order valence-corrected chi connectivity index (χ2v) is 6.07. The number of nitrogens with zero attached hydrogens (tertiary/aromatic N) is 3. The fourth-order valence-electron chi connectivity index (χ4n) is 2.75. The van der Waals surface area contributed by atoms with Gasteiger partial charge in [0.1, 0.15) is 18.2 Å². The van der Waals surface area contributed by atoms with Crippen LogP contribution in [0, 0.1) is 5.82 Å². The van der Waals surface area contributed by atoms with Gasteiger partial charge in [-0.1, -0.05) is 12.1 Å². The number of rotatable bonds is 5. The standard InChI is InChI=1S/C21H14FN3O3/c22-16-3-1-14(2-4-16)13-28-18-7-8-25(21(27)10-18)17-5-6-19-15(9-17)11-23-20(12-26)24-19/h1-12H,13H2. The Morgan fingerprint density at radius 1 is 1.07 bits per heavy atom. The predicted molar refractivity (Wildman–Crippen MR) is 101 cm³/mol. The summed E-state index contributed by atoms with van der Waals surface area (Å²) in [5.74, 6) is 0.222. The Morgan fingerprint density at radius 2 is 1.89 bits per heavy atom. The number of carbonyl (C=O) groups is 1. The van der Waals surface area contributed by atoms with Crippen LogP contribution < -0.4 is 10.3 Å². The van der Waals surface area contributed by atoms with E-state index in [1.807, 2.05) is 0 Å². The van der Waals surface area contributed by atoms with Crippen LogP contribution in [0.5, 0.6) is 5.75 Å². The van der Waals surface area contributed by atoms with Crippen molar-refractivity contribution in [3.8, 4) is 11.4 Å². The minimum Gasteiger partial charge on any atom is -0.489 e. The predicted octanol–water partition coefficient (Wildman–Crippen LogP) is 3.31. The molecule has 0 aliphatic carbocycles. The number of fused-ring (bicyclic) bond motifs is 1. The summed E-state index contributed by atoms with van der Waals surface area (Å²) in [6.07, 6.45) is 3.74. The summed E-state index contributed by atoms with van der Waals surface area (Å²) >= 11 is 0. The van der Waals surface area contributed by atoms with Crippen molar-refractivity contribution < 1.29 is 13.9 Å². The van der Waals surface area contributed by atoms with Crippen LogP contribution in [0.2, 0.25) is 0 Å². The van der Waals surface area contributed by atoms with E-state index in [0.717, 1.165) is 5.56 Å². The summed E-state index contributed by atoms with van der Waals surface area (Å²) in [7, 11) is 0. The zero-order chi connectivity index (χ0) is 19.5. The van der Waals surface area contributed by atoms with Gasteiger partial charge >= 0.3 is 0 Å². The molecule has 6 nitrogen and oxygen atoms in total. The number of benzene rings is 2. The first-order chi connectivity index (χ1) is 13.6. The normalized spacial score (nSPS) is 10.8. The molecule has 4 aromatic rings. The molecule has 2 aromatic heterocycles. The lowest BCUT2D eigenvalue weighted by Crippen LogP contribution is -2.16. The van der Waals surface area contributed by atoms with Crippen LogP contribution in [0.3, 0.4) is 0 Å². The van der Waals surface area contributed by atoms with E-state index in [1.54, 1.807) is 48.8 Å². The van der Waals surface area contributed by atoms with Crippen molar-refractivity contribution in [2.45, 2.75) is 6.61 Å². The van der Waals surface area contributed by atoms with E-state index in [0.29, 0.717) is 28.6 Å². The molecular formula is C21H14FN3O3. The summed E-state index contributed by atoms with van der Waals surface area (Å²) in [5.41, 5.74) is 1.80. The highest BCUT2D eigenvalue weighted by Gasteiger charge is 2.06. The van der Waals surface area contributed by atoms with Crippen molar-refractivity contribution in [3.63, 3.8) is 0 Å². The third kappa shape index (κ3) is 3.64. The van der Waals surface area contributed by atoms with E-state index in [2.05, 4.69) is 9.97 Å². The molecule has 0 N–H and O–H groups in total. The van der Waals surface area contributed by atoms with Crippen LogP contribution in [-0.2, 0) is 6.61 Å². The third-order valence-electron chi connectivity index (χ3n) is 4.18. The van der Waals surface area contributed by atoms with Gasteiger partial charge in [-0.05, 0) is 42.0 Å². The zero-order valence-corrected chi connectivity index (χ0v) is 14.6. The fourth-order valence-corrected chi connectivity index (χ4v) is 2.75. The highest BCUT2D eigenvalue weighted by atomic mass is 19.1. The zero-order valence-electron chi connectivity index (χ0n) is 14.6. The maximum absolute atomic E-state index is 12.9. The molecule has 28 heavy (non-hydrogen) atoms. The molecule has 0 aliphatic heterocycles. The van der Waals surface area contributed by atoms with Gasteiger partial charge in [0.05, 0.1) is 5.52 Å². The quantitative estimate of drug-likeness (QED) is 0.500. The molecule has 0 amide bonds.